The molecule has 3 aromatic rings. The molecule has 31 heavy (non-hydrogen) atoms. The molecule has 1 aromatic heterocycles. The molecule has 0 aliphatic heterocycles. The lowest BCUT2D eigenvalue weighted by Crippen LogP contribution is -2.35. The van der Waals surface area contributed by atoms with Crippen LogP contribution >= 0.6 is 0 Å². The summed E-state index contributed by atoms with van der Waals surface area (Å²) in [5.41, 5.74) is 3.93. The molecule has 0 fully saturated rings. The van der Waals surface area contributed by atoms with Crippen molar-refractivity contribution in [1.29, 1.82) is 0 Å². The predicted octanol–water partition coefficient (Wildman–Crippen LogP) is 4.13. The molecular formula is C21H20F3N3O4. The monoisotopic (exact) mass is 435 g/mol. The molecule has 0 saturated heterocycles. The number of nitrogens with zero attached hydrogens (tertiary/aromatic N) is 1. The van der Waals surface area contributed by atoms with E-state index in [1.54, 1.807) is 0 Å². The summed E-state index contributed by atoms with van der Waals surface area (Å²) in [6.07, 6.45) is -5.21. The van der Waals surface area contributed by atoms with E-state index >= 15 is 0 Å². The molecule has 1 heterocycles. The summed E-state index contributed by atoms with van der Waals surface area (Å²) < 4.78 is 42.1. The molecule has 0 spiro atoms. The van der Waals surface area contributed by atoms with Crippen LogP contribution < -0.4 is 10.8 Å². The second-order valence-corrected chi connectivity index (χ2v) is 7.82. The second kappa shape index (κ2) is 8.38. The summed E-state index contributed by atoms with van der Waals surface area (Å²) >= 11 is 0. The lowest BCUT2D eigenvalue weighted by molar-refractivity contribution is -0.204. The van der Waals surface area contributed by atoms with Gasteiger partial charge in [-0.15, -0.1) is 0 Å². The number of benzene rings is 2. The summed E-state index contributed by atoms with van der Waals surface area (Å²) in [4.78, 5) is 30.7. The Morgan fingerprint density at radius 2 is 1.74 bits per heavy atom. The van der Waals surface area contributed by atoms with Crippen molar-refractivity contribution in [2.24, 2.45) is 0 Å². The number of carbonyl (C=O) groups is 2. The largest absolute Gasteiger partial charge is 0.493 e. The summed E-state index contributed by atoms with van der Waals surface area (Å²) in [6, 6.07) is 11.7. The van der Waals surface area contributed by atoms with Crippen molar-refractivity contribution in [3.63, 3.8) is 0 Å². The number of alkyl halides is 3. The van der Waals surface area contributed by atoms with Gasteiger partial charge in [-0.3, -0.25) is 4.79 Å². The summed E-state index contributed by atoms with van der Waals surface area (Å²) in [5, 5.41) is 3.39. The molecule has 0 bridgehead atoms. The highest BCUT2D eigenvalue weighted by atomic mass is 19.4. The summed E-state index contributed by atoms with van der Waals surface area (Å²) in [6.45, 7) is 6.94. The molecule has 10 heteroatoms. The van der Waals surface area contributed by atoms with Gasteiger partial charge in [0.25, 0.3) is 5.91 Å². The first-order valence-corrected chi connectivity index (χ1v) is 9.26. The first kappa shape index (κ1) is 22.3. The molecular weight excluding hydrogens is 415 g/mol. The van der Waals surface area contributed by atoms with Gasteiger partial charge in [0.05, 0.1) is 0 Å². The molecule has 0 unspecified atom stereocenters. The molecule has 0 aliphatic carbocycles. The zero-order valence-corrected chi connectivity index (χ0v) is 17.0. The third kappa shape index (κ3) is 5.82. The van der Waals surface area contributed by atoms with Crippen LogP contribution in [0.15, 0.2) is 46.9 Å². The number of hydrogen-bond acceptors (Lipinski definition) is 6. The Morgan fingerprint density at radius 1 is 1.06 bits per heavy atom. The SMILES string of the molecule is CC(C)(C)NCc1ccc(-c2nc3cc(C(=O)NOC(=O)C(F)(F)F)ccc3o2)cc1. The minimum atomic E-state index is -5.21. The molecule has 0 saturated carbocycles. The van der Waals surface area contributed by atoms with Gasteiger partial charge in [0.15, 0.2) is 5.58 Å². The van der Waals surface area contributed by atoms with Gasteiger partial charge in [-0.1, -0.05) is 12.1 Å². The highest BCUT2D eigenvalue weighted by Gasteiger charge is 2.42. The van der Waals surface area contributed by atoms with Crippen LogP contribution in [0.25, 0.3) is 22.6 Å². The van der Waals surface area contributed by atoms with Crippen molar-refractivity contribution < 1.29 is 32.0 Å². The van der Waals surface area contributed by atoms with E-state index in [1.807, 2.05) is 24.3 Å². The fraction of sp³-hybridized carbons (Fsp3) is 0.286. The molecule has 0 radical (unpaired) electrons. The number of carbonyl (C=O) groups excluding carboxylic acids is 2. The van der Waals surface area contributed by atoms with Crippen molar-refractivity contribution >= 4 is 23.0 Å². The van der Waals surface area contributed by atoms with E-state index < -0.39 is 18.1 Å². The topological polar surface area (TPSA) is 93.5 Å². The van der Waals surface area contributed by atoms with Gasteiger partial charge in [-0.2, -0.15) is 18.7 Å². The number of amides is 1. The quantitative estimate of drug-likeness (QED) is 0.599. The van der Waals surface area contributed by atoms with E-state index in [4.69, 9.17) is 4.42 Å². The normalized spacial score (nSPS) is 12.1. The first-order valence-electron chi connectivity index (χ1n) is 9.26. The maximum absolute atomic E-state index is 12.1. The van der Waals surface area contributed by atoms with Gasteiger partial charge < -0.3 is 14.6 Å². The molecule has 2 N–H and O–H groups in total. The van der Waals surface area contributed by atoms with Crippen LogP contribution in [0.1, 0.15) is 36.7 Å². The van der Waals surface area contributed by atoms with Crippen LogP contribution in [0.5, 0.6) is 0 Å². The Bertz CT molecular complexity index is 1100. The Labute approximate surface area is 175 Å². The molecule has 2 aromatic carbocycles. The van der Waals surface area contributed by atoms with E-state index in [2.05, 4.69) is 35.9 Å². The van der Waals surface area contributed by atoms with Crippen LogP contribution in [0.3, 0.4) is 0 Å². The molecule has 164 valence electrons. The van der Waals surface area contributed by atoms with Crippen LogP contribution in [-0.2, 0) is 16.2 Å². The third-order valence-corrected chi connectivity index (χ3v) is 4.14. The Kier molecular flexibility index (Phi) is 6.03. The smallest absolute Gasteiger partial charge is 0.436 e. The van der Waals surface area contributed by atoms with Gasteiger partial charge in [0.1, 0.15) is 5.52 Å². The predicted molar refractivity (Wildman–Crippen MR) is 106 cm³/mol. The number of hydrogen-bond donors (Lipinski definition) is 2. The van der Waals surface area contributed by atoms with Gasteiger partial charge in [-0.05, 0) is 56.7 Å². The fourth-order valence-electron chi connectivity index (χ4n) is 2.53. The van der Waals surface area contributed by atoms with Crippen molar-refractivity contribution in [2.75, 3.05) is 0 Å². The second-order valence-electron chi connectivity index (χ2n) is 7.82. The van der Waals surface area contributed by atoms with Crippen LogP contribution in [0.2, 0.25) is 0 Å². The Hall–Kier alpha value is -3.40. The van der Waals surface area contributed by atoms with Crippen LogP contribution in [0, 0.1) is 0 Å². The third-order valence-electron chi connectivity index (χ3n) is 4.14. The molecule has 0 aliphatic rings. The molecule has 0 atom stereocenters. The van der Waals surface area contributed by atoms with E-state index in [0.29, 0.717) is 23.5 Å². The maximum Gasteiger partial charge on any atom is 0.493 e. The van der Waals surface area contributed by atoms with Gasteiger partial charge in [0, 0.05) is 23.2 Å². The lowest BCUT2D eigenvalue weighted by Gasteiger charge is -2.20. The minimum absolute atomic E-state index is 0.00592. The van der Waals surface area contributed by atoms with Crippen molar-refractivity contribution in [3.05, 3.63) is 53.6 Å². The van der Waals surface area contributed by atoms with Gasteiger partial charge in [0.2, 0.25) is 5.89 Å². The lowest BCUT2D eigenvalue weighted by atomic mass is 10.1. The Balaban J connectivity index is 1.72. The number of oxazole rings is 1. The molecule has 1 amide bonds. The zero-order chi connectivity index (χ0) is 22.8. The molecule has 3 rings (SSSR count). The number of nitrogens with one attached hydrogen (secondary N) is 2. The highest BCUT2D eigenvalue weighted by Crippen LogP contribution is 2.25. The van der Waals surface area contributed by atoms with Crippen molar-refractivity contribution in [1.82, 2.24) is 15.8 Å². The number of fused-ring (bicyclic) bond motifs is 1. The van der Waals surface area contributed by atoms with Crippen LogP contribution in [0.4, 0.5) is 13.2 Å². The standard InChI is InChI=1S/C21H20F3N3O4/c1-20(2,3)25-11-12-4-6-13(7-5-12)18-26-15-10-14(8-9-16(15)30-18)17(28)27-31-19(29)21(22,23)24/h4-10,25H,11H2,1-3H3,(H,27,28). The van der Waals surface area contributed by atoms with E-state index in [1.165, 1.54) is 23.7 Å². The highest BCUT2D eigenvalue weighted by molar-refractivity contribution is 5.97. The number of aromatic nitrogens is 1. The summed E-state index contributed by atoms with van der Waals surface area (Å²) in [7, 11) is 0. The molecule has 7 nitrogen and oxygen atoms in total. The van der Waals surface area contributed by atoms with E-state index in [9.17, 15) is 22.8 Å². The Morgan fingerprint density at radius 3 is 2.35 bits per heavy atom. The number of hydroxylamine groups is 1. The van der Waals surface area contributed by atoms with E-state index in [0.717, 1.165) is 11.1 Å². The zero-order valence-electron chi connectivity index (χ0n) is 17.0. The van der Waals surface area contributed by atoms with Crippen molar-refractivity contribution in [2.45, 2.75) is 39.0 Å². The first-order chi connectivity index (χ1) is 14.4. The van der Waals surface area contributed by atoms with Crippen LogP contribution in [-0.4, -0.2) is 28.6 Å². The fourth-order valence-corrected chi connectivity index (χ4v) is 2.53. The maximum atomic E-state index is 12.1. The van der Waals surface area contributed by atoms with Gasteiger partial charge >= 0.3 is 12.1 Å². The average molecular weight is 435 g/mol. The summed E-state index contributed by atoms with van der Waals surface area (Å²) in [5.74, 6) is -3.22. The average Bonchev–Trinajstić information content (AvgIpc) is 3.12. The number of halogens is 3. The van der Waals surface area contributed by atoms with Crippen molar-refractivity contribution in [3.8, 4) is 11.5 Å². The minimum Gasteiger partial charge on any atom is -0.436 e. The number of rotatable bonds is 4. The van der Waals surface area contributed by atoms with Gasteiger partial charge in [-0.25, -0.2) is 9.78 Å². The van der Waals surface area contributed by atoms with E-state index in [-0.39, 0.29) is 11.1 Å².